The fourth-order valence-electron chi connectivity index (χ4n) is 1.39. The van der Waals surface area contributed by atoms with Gasteiger partial charge in [-0.3, -0.25) is 0 Å². The highest BCUT2D eigenvalue weighted by atomic mass is 14.1. The van der Waals surface area contributed by atoms with Gasteiger partial charge < -0.3 is 0 Å². The number of hydrogen-bond acceptors (Lipinski definition) is 0. The highest BCUT2D eigenvalue weighted by Gasteiger charge is 2.05. The van der Waals surface area contributed by atoms with E-state index in [2.05, 4.69) is 40.7 Å². The Morgan fingerprint density at radius 3 is 2.17 bits per heavy atom. The van der Waals surface area contributed by atoms with E-state index in [0.29, 0.717) is 0 Å². The Bertz CT molecular complexity index is 131. The minimum absolute atomic E-state index is 0.786. The maximum atomic E-state index is 2.33. The van der Waals surface area contributed by atoms with Crippen molar-refractivity contribution in [3.63, 3.8) is 0 Å². The summed E-state index contributed by atoms with van der Waals surface area (Å²) in [5, 5.41) is 0. The van der Waals surface area contributed by atoms with Crippen LogP contribution >= 0.6 is 0 Å². The van der Waals surface area contributed by atoms with E-state index in [1.54, 1.807) is 5.57 Å². The first-order valence-electron chi connectivity index (χ1n) is 5.26. The molecule has 0 saturated carbocycles. The molecule has 0 aliphatic rings. The standard InChI is InChI=1S/C12H24/c1-6-11(5)12(7-2)9-8-10(3)4/h7,10-11H,6,8-9H2,1-5H3/b12-7-. The normalized spacial score (nSPS) is 15.3. The summed E-state index contributed by atoms with van der Waals surface area (Å²) in [6.45, 7) is 11.4. The van der Waals surface area contributed by atoms with Crippen molar-refractivity contribution in [3.05, 3.63) is 11.6 Å². The smallest absolute Gasteiger partial charge is 0.0234 e. The minimum atomic E-state index is 0.786. The topological polar surface area (TPSA) is 0 Å². The second-order valence-electron chi connectivity index (χ2n) is 4.11. The van der Waals surface area contributed by atoms with Gasteiger partial charge in [0.05, 0.1) is 0 Å². The lowest BCUT2D eigenvalue weighted by molar-refractivity contribution is 0.540. The number of rotatable bonds is 5. The molecular weight excluding hydrogens is 144 g/mol. The Labute approximate surface area is 78.1 Å². The largest absolute Gasteiger partial charge is 0.0882 e. The van der Waals surface area contributed by atoms with Crippen molar-refractivity contribution in [2.75, 3.05) is 0 Å². The molecule has 0 aromatic carbocycles. The van der Waals surface area contributed by atoms with E-state index >= 15 is 0 Å². The van der Waals surface area contributed by atoms with Crippen molar-refractivity contribution in [1.82, 2.24) is 0 Å². The molecule has 0 aromatic rings. The van der Waals surface area contributed by atoms with E-state index in [1.165, 1.54) is 19.3 Å². The molecular formula is C12H24. The van der Waals surface area contributed by atoms with Crippen LogP contribution < -0.4 is 0 Å². The molecule has 0 spiro atoms. The number of hydrogen-bond donors (Lipinski definition) is 0. The van der Waals surface area contributed by atoms with Crippen LogP contribution in [0.25, 0.3) is 0 Å². The average molecular weight is 168 g/mol. The molecule has 0 heteroatoms. The summed E-state index contributed by atoms with van der Waals surface area (Å²) in [4.78, 5) is 0. The van der Waals surface area contributed by atoms with Crippen LogP contribution in [0.1, 0.15) is 53.9 Å². The van der Waals surface area contributed by atoms with E-state index in [-0.39, 0.29) is 0 Å². The quantitative estimate of drug-likeness (QED) is 0.533. The van der Waals surface area contributed by atoms with Gasteiger partial charge in [0, 0.05) is 0 Å². The predicted octanol–water partition coefficient (Wildman–Crippen LogP) is 4.42. The maximum Gasteiger partial charge on any atom is -0.0234 e. The molecule has 0 saturated heterocycles. The molecule has 0 amide bonds. The first-order chi connectivity index (χ1) is 5.61. The summed E-state index contributed by atoms with van der Waals surface area (Å²) in [6, 6.07) is 0. The molecule has 0 N–H and O–H groups in total. The summed E-state index contributed by atoms with van der Waals surface area (Å²) >= 11 is 0. The van der Waals surface area contributed by atoms with Crippen LogP contribution in [0.3, 0.4) is 0 Å². The van der Waals surface area contributed by atoms with E-state index in [1.807, 2.05) is 0 Å². The second-order valence-corrected chi connectivity index (χ2v) is 4.11. The van der Waals surface area contributed by atoms with Crippen molar-refractivity contribution in [2.24, 2.45) is 11.8 Å². The zero-order chi connectivity index (χ0) is 9.56. The van der Waals surface area contributed by atoms with Crippen LogP contribution in [-0.2, 0) is 0 Å². The summed E-state index contributed by atoms with van der Waals surface area (Å²) in [6.07, 6.45) is 6.21. The van der Waals surface area contributed by atoms with E-state index < -0.39 is 0 Å². The van der Waals surface area contributed by atoms with Gasteiger partial charge in [0.1, 0.15) is 0 Å². The SMILES string of the molecule is C/C=C(/CCC(C)C)C(C)CC. The van der Waals surface area contributed by atoms with Gasteiger partial charge >= 0.3 is 0 Å². The second kappa shape index (κ2) is 6.28. The third kappa shape index (κ3) is 4.58. The highest BCUT2D eigenvalue weighted by molar-refractivity contribution is 5.03. The van der Waals surface area contributed by atoms with Crippen LogP contribution in [0.4, 0.5) is 0 Å². The van der Waals surface area contributed by atoms with Crippen LogP contribution in [0.2, 0.25) is 0 Å². The molecule has 0 aliphatic carbocycles. The lowest BCUT2D eigenvalue weighted by Gasteiger charge is -2.14. The fourth-order valence-corrected chi connectivity index (χ4v) is 1.39. The third-order valence-corrected chi connectivity index (χ3v) is 2.63. The Hall–Kier alpha value is -0.260. The van der Waals surface area contributed by atoms with Crippen molar-refractivity contribution in [2.45, 2.75) is 53.9 Å². The molecule has 0 rings (SSSR count). The fraction of sp³-hybridized carbons (Fsp3) is 0.833. The zero-order valence-corrected chi connectivity index (χ0v) is 9.35. The van der Waals surface area contributed by atoms with Gasteiger partial charge in [-0.05, 0) is 38.0 Å². The van der Waals surface area contributed by atoms with Crippen LogP contribution in [0.15, 0.2) is 11.6 Å². The van der Waals surface area contributed by atoms with Gasteiger partial charge in [-0.2, -0.15) is 0 Å². The predicted molar refractivity (Wildman–Crippen MR) is 57.3 cm³/mol. The van der Waals surface area contributed by atoms with Gasteiger partial charge in [-0.25, -0.2) is 0 Å². The molecule has 12 heavy (non-hydrogen) atoms. The Morgan fingerprint density at radius 2 is 1.83 bits per heavy atom. The monoisotopic (exact) mass is 168 g/mol. The van der Waals surface area contributed by atoms with Gasteiger partial charge in [-0.15, -0.1) is 0 Å². The van der Waals surface area contributed by atoms with Gasteiger partial charge in [-0.1, -0.05) is 39.3 Å². The van der Waals surface area contributed by atoms with Crippen molar-refractivity contribution >= 4 is 0 Å². The molecule has 72 valence electrons. The average Bonchev–Trinajstić information content (AvgIpc) is 2.04. The molecule has 0 bridgehead atoms. The summed E-state index contributed by atoms with van der Waals surface area (Å²) in [5.41, 5.74) is 1.64. The van der Waals surface area contributed by atoms with Crippen molar-refractivity contribution in [1.29, 1.82) is 0 Å². The number of allylic oxidation sites excluding steroid dienone is 2. The molecule has 0 aromatic heterocycles. The molecule has 0 heterocycles. The summed E-state index contributed by atoms with van der Waals surface area (Å²) < 4.78 is 0. The molecule has 0 radical (unpaired) electrons. The minimum Gasteiger partial charge on any atom is -0.0882 e. The van der Waals surface area contributed by atoms with Crippen LogP contribution in [-0.4, -0.2) is 0 Å². The Balaban J connectivity index is 3.85. The lowest BCUT2D eigenvalue weighted by atomic mass is 9.92. The zero-order valence-electron chi connectivity index (χ0n) is 9.35. The highest BCUT2D eigenvalue weighted by Crippen LogP contribution is 2.21. The van der Waals surface area contributed by atoms with E-state index in [4.69, 9.17) is 0 Å². The molecule has 0 aliphatic heterocycles. The summed E-state index contributed by atoms with van der Waals surface area (Å²) in [7, 11) is 0. The molecule has 0 nitrogen and oxygen atoms in total. The van der Waals surface area contributed by atoms with Crippen LogP contribution in [0, 0.1) is 11.8 Å². The molecule has 1 unspecified atom stereocenters. The van der Waals surface area contributed by atoms with Gasteiger partial charge in [0.25, 0.3) is 0 Å². The summed E-state index contributed by atoms with van der Waals surface area (Å²) in [5.74, 6) is 1.62. The molecule has 1 atom stereocenters. The molecule has 0 fully saturated rings. The third-order valence-electron chi connectivity index (χ3n) is 2.63. The van der Waals surface area contributed by atoms with E-state index in [0.717, 1.165) is 11.8 Å². The Kier molecular flexibility index (Phi) is 6.14. The first-order valence-corrected chi connectivity index (χ1v) is 5.26. The van der Waals surface area contributed by atoms with Crippen molar-refractivity contribution < 1.29 is 0 Å². The van der Waals surface area contributed by atoms with Crippen LogP contribution in [0.5, 0.6) is 0 Å². The lowest BCUT2D eigenvalue weighted by Crippen LogP contribution is -1.99. The Morgan fingerprint density at radius 1 is 1.25 bits per heavy atom. The van der Waals surface area contributed by atoms with Gasteiger partial charge in [0.15, 0.2) is 0 Å². The van der Waals surface area contributed by atoms with Gasteiger partial charge in [0.2, 0.25) is 0 Å². The van der Waals surface area contributed by atoms with E-state index in [9.17, 15) is 0 Å². The first kappa shape index (κ1) is 11.7. The van der Waals surface area contributed by atoms with Crippen molar-refractivity contribution in [3.8, 4) is 0 Å². The maximum absolute atomic E-state index is 2.33.